The summed E-state index contributed by atoms with van der Waals surface area (Å²) in [6.45, 7) is 0.675. The third kappa shape index (κ3) is 8.05. The maximum atomic E-state index is 15.0. The molecule has 0 aromatic heterocycles. The number of nitrogens with one attached hydrogen (secondary N) is 3. The van der Waals surface area contributed by atoms with Crippen molar-refractivity contribution in [3.8, 4) is 0 Å². The van der Waals surface area contributed by atoms with E-state index in [9.17, 15) is 49.5 Å². The quantitative estimate of drug-likeness (QED) is 0.160. The molecule has 3 N–H and O–H groups in total. The molecule has 0 aliphatic heterocycles. The molecule has 19 heteroatoms. The number of benzene rings is 3. The van der Waals surface area contributed by atoms with Crippen LogP contribution in [0.2, 0.25) is 5.02 Å². The van der Waals surface area contributed by atoms with Crippen LogP contribution in [0.15, 0.2) is 48.5 Å². The number of carbonyl (C=O) groups excluding carboxylic acids is 3. The Kier molecular flexibility index (Phi) is 10.0. The van der Waals surface area contributed by atoms with Gasteiger partial charge in [0.1, 0.15) is 27.8 Å². The predicted molar refractivity (Wildman–Crippen MR) is 152 cm³/mol. The minimum absolute atomic E-state index is 0.111. The highest BCUT2D eigenvalue weighted by Crippen LogP contribution is 2.65. The summed E-state index contributed by atoms with van der Waals surface area (Å²) < 4.78 is 121. The van der Waals surface area contributed by atoms with Gasteiger partial charge in [0.25, 0.3) is 11.8 Å². The van der Waals surface area contributed by atoms with Crippen LogP contribution in [-0.4, -0.2) is 34.5 Å². The van der Waals surface area contributed by atoms with Crippen molar-refractivity contribution >= 4 is 69.6 Å². The minimum atomic E-state index is -5.22. The molecular formula is C28H17Cl3F9N3O4. The molecule has 47 heavy (non-hydrogen) atoms. The van der Waals surface area contributed by atoms with Gasteiger partial charge in [-0.2, -0.15) is 13.2 Å². The lowest BCUT2D eigenvalue weighted by Gasteiger charge is -2.17. The van der Waals surface area contributed by atoms with Gasteiger partial charge in [-0.05, 0) is 55.0 Å². The fourth-order valence-electron chi connectivity index (χ4n) is 4.45. The maximum absolute atomic E-state index is 15.0. The molecule has 4 rings (SSSR count). The van der Waals surface area contributed by atoms with E-state index < -0.39 is 92.5 Å². The Bertz CT molecular complexity index is 1750. The van der Waals surface area contributed by atoms with Gasteiger partial charge in [-0.3, -0.25) is 19.1 Å². The van der Waals surface area contributed by atoms with Gasteiger partial charge in [0.15, 0.2) is 5.82 Å². The zero-order valence-electron chi connectivity index (χ0n) is 23.0. The van der Waals surface area contributed by atoms with E-state index in [1.165, 1.54) is 6.07 Å². The molecule has 1 aliphatic carbocycles. The van der Waals surface area contributed by atoms with Crippen molar-refractivity contribution in [3.05, 3.63) is 87.7 Å². The summed E-state index contributed by atoms with van der Waals surface area (Å²) in [6, 6.07) is 6.73. The van der Waals surface area contributed by atoms with Gasteiger partial charge in [-0.25, -0.2) is 13.2 Å². The van der Waals surface area contributed by atoms with Crippen LogP contribution in [0.25, 0.3) is 0 Å². The lowest BCUT2D eigenvalue weighted by Crippen LogP contribution is -2.33. The molecule has 7 nitrogen and oxygen atoms in total. The Morgan fingerprint density at radius 3 is 2.13 bits per heavy atom. The van der Waals surface area contributed by atoms with E-state index in [1.54, 1.807) is 5.32 Å². The highest BCUT2D eigenvalue weighted by Gasteiger charge is 2.67. The van der Waals surface area contributed by atoms with Crippen LogP contribution in [-0.2, 0) is 20.5 Å². The third-order valence-electron chi connectivity index (χ3n) is 6.74. The molecular weight excluding hydrogens is 720 g/mol. The first kappa shape index (κ1) is 36.1. The van der Waals surface area contributed by atoms with E-state index in [1.807, 2.05) is 5.32 Å². The Labute approximate surface area is 273 Å². The Morgan fingerprint density at radius 1 is 0.872 bits per heavy atom. The average Bonchev–Trinajstić information content (AvgIpc) is 3.53. The number of hydrogen-bond donors (Lipinski definition) is 3. The number of alkyl halides is 8. The summed E-state index contributed by atoms with van der Waals surface area (Å²) in [5, 5.41) is 5.79. The molecule has 1 unspecified atom stereocenters. The van der Waals surface area contributed by atoms with Gasteiger partial charge in [0, 0.05) is 11.6 Å². The van der Waals surface area contributed by atoms with E-state index in [2.05, 4.69) is 10.1 Å². The van der Waals surface area contributed by atoms with Crippen molar-refractivity contribution in [3.63, 3.8) is 0 Å². The smallest absolute Gasteiger partial charge is 0.326 e. The van der Waals surface area contributed by atoms with Crippen molar-refractivity contribution in [2.24, 2.45) is 5.92 Å². The maximum Gasteiger partial charge on any atom is 0.523 e. The zero-order chi connectivity index (χ0) is 35.2. The molecule has 3 amide bonds. The SMILES string of the molecule is CC(OC(F)(F)F)C(=O)Nc1c(F)ccc(NC(=O)c2cc(NC(=O)[C@H]3[C@H](c4ccc(F)c(C(F)(F)F)c4)C3(Cl)Cl)ccc2Cl)c1F. The van der Waals surface area contributed by atoms with Crippen molar-refractivity contribution in [1.82, 2.24) is 0 Å². The van der Waals surface area contributed by atoms with Gasteiger partial charge in [-0.1, -0.05) is 17.7 Å². The Morgan fingerprint density at radius 2 is 1.51 bits per heavy atom. The lowest BCUT2D eigenvalue weighted by molar-refractivity contribution is -0.335. The van der Waals surface area contributed by atoms with Crippen LogP contribution >= 0.6 is 34.8 Å². The molecule has 0 bridgehead atoms. The second kappa shape index (κ2) is 13.1. The normalized spacial score (nSPS) is 17.9. The average molecular weight is 737 g/mol. The molecule has 0 heterocycles. The van der Waals surface area contributed by atoms with Crippen LogP contribution in [0.1, 0.15) is 34.3 Å². The number of rotatable bonds is 8. The van der Waals surface area contributed by atoms with Crippen molar-refractivity contribution in [1.29, 1.82) is 0 Å². The molecule has 1 fully saturated rings. The number of amides is 3. The summed E-state index contributed by atoms with van der Waals surface area (Å²) in [6.07, 6.45) is -12.5. The largest absolute Gasteiger partial charge is 0.523 e. The minimum Gasteiger partial charge on any atom is -0.326 e. The molecule has 3 atom stereocenters. The number of carbonyl (C=O) groups is 3. The van der Waals surface area contributed by atoms with Crippen LogP contribution in [0.5, 0.6) is 0 Å². The Balaban J connectivity index is 1.50. The van der Waals surface area contributed by atoms with Gasteiger partial charge in [-0.15, -0.1) is 36.4 Å². The fraction of sp³-hybridized carbons (Fsp3) is 0.250. The molecule has 0 spiro atoms. The van der Waals surface area contributed by atoms with Crippen molar-refractivity contribution in [2.45, 2.75) is 35.8 Å². The molecule has 252 valence electrons. The van der Waals surface area contributed by atoms with E-state index in [4.69, 9.17) is 34.8 Å². The highest BCUT2D eigenvalue weighted by molar-refractivity contribution is 6.53. The van der Waals surface area contributed by atoms with Gasteiger partial charge in [0.2, 0.25) is 5.91 Å². The van der Waals surface area contributed by atoms with Gasteiger partial charge < -0.3 is 16.0 Å². The number of ether oxygens (including phenoxy) is 1. The van der Waals surface area contributed by atoms with E-state index in [-0.39, 0.29) is 16.3 Å². The van der Waals surface area contributed by atoms with Crippen LogP contribution in [0.4, 0.5) is 56.6 Å². The van der Waals surface area contributed by atoms with Crippen LogP contribution in [0.3, 0.4) is 0 Å². The third-order valence-corrected chi connectivity index (χ3v) is 8.01. The van der Waals surface area contributed by atoms with Gasteiger partial charge in [0.05, 0.1) is 27.8 Å². The number of anilines is 3. The summed E-state index contributed by atoms with van der Waals surface area (Å²) >= 11 is 18.5. The molecule has 0 radical (unpaired) electrons. The van der Waals surface area contributed by atoms with Crippen LogP contribution < -0.4 is 16.0 Å². The lowest BCUT2D eigenvalue weighted by atomic mass is 10.0. The highest BCUT2D eigenvalue weighted by atomic mass is 35.5. The van der Waals surface area contributed by atoms with Gasteiger partial charge >= 0.3 is 12.5 Å². The van der Waals surface area contributed by atoms with Crippen molar-refractivity contribution < 1.29 is 58.6 Å². The first-order valence-corrected chi connectivity index (χ1v) is 13.9. The second-order valence-electron chi connectivity index (χ2n) is 9.98. The molecule has 1 saturated carbocycles. The molecule has 3 aromatic carbocycles. The van der Waals surface area contributed by atoms with E-state index in [0.717, 1.165) is 24.3 Å². The topological polar surface area (TPSA) is 96.5 Å². The summed E-state index contributed by atoms with van der Waals surface area (Å²) in [5.74, 6) is -10.6. The first-order chi connectivity index (χ1) is 21.6. The summed E-state index contributed by atoms with van der Waals surface area (Å²) in [5.41, 5.74) is -4.20. The van der Waals surface area contributed by atoms with Crippen LogP contribution in [0, 0.1) is 23.4 Å². The summed E-state index contributed by atoms with van der Waals surface area (Å²) in [7, 11) is 0. The summed E-state index contributed by atoms with van der Waals surface area (Å²) in [4.78, 5) is 38.0. The molecule has 1 aliphatic rings. The molecule has 0 saturated heterocycles. The molecule has 3 aromatic rings. The predicted octanol–water partition coefficient (Wildman–Crippen LogP) is 8.42. The first-order valence-electron chi connectivity index (χ1n) is 12.8. The second-order valence-corrected chi connectivity index (χ2v) is 11.8. The Hall–Kier alpha value is -3.73. The standard InChI is InChI=1S/C28H17Cl3F9N3O4/c1-10(47-28(38,39)40)23(44)43-22-17(33)6-7-18(21(22)34)42-24(45)13-9-12(3-4-15(13)29)41-25(46)20-19(26(20,30)31)11-2-5-16(32)14(8-11)27(35,36)37/h2-10,19-20H,1H3,(H,41,46)(H,42,45)(H,43,44)/t10?,19-,20+/m0/s1. The fourth-order valence-corrected chi connectivity index (χ4v) is 5.48. The monoisotopic (exact) mass is 735 g/mol. The van der Waals surface area contributed by atoms with E-state index >= 15 is 4.39 Å². The zero-order valence-corrected chi connectivity index (χ0v) is 25.3. The number of halogens is 12. The van der Waals surface area contributed by atoms with Crippen molar-refractivity contribution in [2.75, 3.05) is 16.0 Å². The van der Waals surface area contributed by atoms with E-state index in [0.29, 0.717) is 25.1 Å². The number of hydrogen-bond acceptors (Lipinski definition) is 4.